The van der Waals surface area contributed by atoms with Crippen molar-refractivity contribution < 1.29 is 22.4 Å². The second kappa shape index (κ2) is 7.62. The molecule has 0 bridgehead atoms. The molecule has 1 aromatic carbocycles. The standard InChI is InChI=1S/C20H16F3N5O2/c1-12-4-3-5-13(8-12)18-26-19(30-27-18)15-10-25-28(2)16(15)11-29-17-7-6-14(9-24-17)20(21,22)23/h3-10H,11H2,1-2H3. The minimum absolute atomic E-state index is 0.00631. The maximum absolute atomic E-state index is 12.7. The first kappa shape index (κ1) is 19.6. The molecule has 0 atom stereocenters. The number of rotatable bonds is 5. The first-order valence-corrected chi connectivity index (χ1v) is 8.89. The SMILES string of the molecule is Cc1cccc(-c2noc(-c3cnn(C)c3COc3ccc(C(F)(F)F)cn3)n2)c1. The zero-order valence-corrected chi connectivity index (χ0v) is 16.0. The van der Waals surface area contributed by atoms with Crippen LogP contribution in [0, 0.1) is 6.92 Å². The van der Waals surface area contributed by atoms with E-state index in [1.165, 1.54) is 6.07 Å². The van der Waals surface area contributed by atoms with Gasteiger partial charge in [0.05, 0.1) is 23.0 Å². The smallest absolute Gasteiger partial charge is 0.417 e. The van der Waals surface area contributed by atoms with E-state index in [2.05, 4.69) is 20.2 Å². The molecule has 0 radical (unpaired) electrons. The molecule has 0 saturated carbocycles. The highest BCUT2D eigenvalue weighted by Gasteiger charge is 2.30. The van der Waals surface area contributed by atoms with E-state index in [-0.39, 0.29) is 18.4 Å². The van der Waals surface area contributed by atoms with Crippen LogP contribution in [0.4, 0.5) is 13.2 Å². The fourth-order valence-electron chi connectivity index (χ4n) is 2.82. The van der Waals surface area contributed by atoms with Crippen molar-refractivity contribution in [3.63, 3.8) is 0 Å². The number of alkyl halides is 3. The summed E-state index contributed by atoms with van der Waals surface area (Å²) in [4.78, 5) is 8.14. The lowest BCUT2D eigenvalue weighted by molar-refractivity contribution is -0.137. The Hall–Kier alpha value is -3.69. The van der Waals surface area contributed by atoms with E-state index in [9.17, 15) is 13.2 Å². The lowest BCUT2D eigenvalue weighted by Crippen LogP contribution is -2.07. The van der Waals surface area contributed by atoms with Crippen LogP contribution in [0.15, 0.2) is 53.3 Å². The third-order valence-corrected chi connectivity index (χ3v) is 4.41. The lowest BCUT2D eigenvalue weighted by atomic mass is 10.1. The number of nitrogens with zero attached hydrogens (tertiary/aromatic N) is 5. The molecule has 10 heteroatoms. The van der Waals surface area contributed by atoms with E-state index in [0.29, 0.717) is 17.1 Å². The third-order valence-electron chi connectivity index (χ3n) is 4.41. The number of hydrogen-bond donors (Lipinski definition) is 0. The molecule has 3 aromatic heterocycles. The lowest BCUT2D eigenvalue weighted by Gasteiger charge is -2.09. The summed E-state index contributed by atoms with van der Waals surface area (Å²) in [6, 6.07) is 9.78. The Bertz CT molecular complexity index is 1170. The topological polar surface area (TPSA) is 78.9 Å². The predicted octanol–water partition coefficient (Wildman–Crippen LogP) is 4.44. The Morgan fingerprint density at radius 2 is 1.97 bits per heavy atom. The summed E-state index contributed by atoms with van der Waals surface area (Å²) in [5.41, 5.74) is 2.22. The molecule has 4 rings (SSSR count). The van der Waals surface area contributed by atoms with Gasteiger partial charge >= 0.3 is 6.18 Å². The Labute approximate surface area is 169 Å². The molecule has 0 fully saturated rings. The van der Waals surface area contributed by atoms with Crippen molar-refractivity contribution in [2.75, 3.05) is 0 Å². The van der Waals surface area contributed by atoms with Crippen LogP contribution in [-0.4, -0.2) is 24.9 Å². The van der Waals surface area contributed by atoms with Gasteiger partial charge in [-0.05, 0) is 19.1 Å². The van der Waals surface area contributed by atoms with Crippen LogP contribution >= 0.6 is 0 Å². The van der Waals surface area contributed by atoms with E-state index in [1.807, 2.05) is 31.2 Å². The second-order valence-electron chi connectivity index (χ2n) is 6.59. The molecule has 0 aliphatic heterocycles. The Kier molecular flexibility index (Phi) is 4.98. The highest BCUT2D eigenvalue weighted by atomic mass is 19.4. The van der Waals surface area contributed by atoms with Gasteiger partial charge < -0.3 is 9.26 Å². The van der Waals surface area contributed by atoms with E-state index in [1.54, 1.807) is 17.9 Å². The van der Waals surface area contributed by atoms with E-state index < -0.39 is 11.7 Å². The zero-order chi connectivity index (χ0) is 21.3. The molecule has 0 unspecified atom stereocenters. The summed E-state index contributed by atoms with van der Waals surface area (Å²) in [6.07, 6.45) is -2.16. The third kappa shape index (κ3) is 4.02. The second-order valence-corrected chi connectivity index (χ2v) is 6.59. The normalized spacial score (nSPS) is 11.6. The predicted molar refractivity (Wildman–Crippen MR) is 100 cm³/mol. The minimum Gasteiger partial charge on any atom is -0.471 e. The molecule has 0 aliphatic carbocycles. The molecule has 3 heterocycles. The molecule has 4 aromatic rings. The highest BCUT2D eigenvalue weighted by molar-refractivity contribution is 5.61. The van der Waals surface area contributed by atoms with Crippen LogP contribution in [0.5, 0.6) is 5.88 Å². The number of benzene rings is 1. The van der Waals surface area contributed by atoms with Crippen LogP contribution in [0.2, 0.25) is 0 Å². The molecule has 0 N–H and O–H groups in total. The summed E-state index contributed by atoms with van der Waals surface area (Å²) in [5.74, 6) is 0.758. The molecule has 7 nitrogen and oxygen atoms in total. The number of ether oxygens (including phenoxy) is 1. The van der Waals surface area contributed by atoms with E-state index in [0.717, 1.165) is 23.4 Å². The van der Waals surface area contributed by atoms with Gasteiger partial charge in [-0.1, -0.05) is 28.9 Å². The largest absolute Gasteiger partial charge is 0.471 e. The van der Waals surface area contributed by atoms with Crippen molar-refractivity contribution >= 4 is 0 Å². The number of aryl methyl sites for hydroxylation is 2. The van der Waals surface area contributed by atoms with Gasteiger partial charge in [0.1, 0.15) is 6.61 Å². The molecule has 154 valence electrons. The first-order chi connectivity index (χ1) is 14.3. The Morgan fingerprint density at radius 3 is 2.67 bits per heavy atom. The van der Waals surface area contributed by atoms with E-state index in [4.69, 9.17) is 9.26 Å². The summed E-state index contributed by atoms with van der Waals surface area (Å²) in [6.45, 7) is 1.97. The molecule has 0 aliphatic rings. The van der Waals surface area contributed by atoms with E-state index >= 15 is 0 Å². The number of aromatic nitrogens is 5. The highest BCUT2D eigenvalue weighted by Crippen LogP contribution is 2.30. The van der Waals surface area contributed by atoms with Crippen molar-refractivity contribution in [3.05, 3.63) is 65.6 Å². The zero-order valence-electron chi connectivity index (χ0n) is 16.0. The van der Waals surface area contributed by atoms with Gasteiger partial charge in [-0.3, -0.25) is 4.68 Å². The van der Waals surface area contributed by atoms with Crippen LogP contribution in [0.25, 0.3) is 22.8 Å². The molecule has 30 heavy (non-hydrogen) atoms. The molecule has 0 spiro atoms. The van der Waals surface area contributed by atoms with Gasteiger partial charge in [0.25, 0.3) is 5.89 Å². The average molecular weight is 415 g/mol. The maximum Gasteiger partial charge on any atom is 0.417 e. The van der Waals surface area contributed by atoms with Crippen molar-refractivity contribution in [2.24, 2.45) is 7.05 Å². The van der Waals surface area contributed by atoms with Gasteiger partial charge in [-0.25, -0.2) is 4.98 Å². The monoisotopic (exact) mass is 415 g/mol. The maximum atomic E-state index is 12.7. The molecule has 0 amide bonds. The minimum atomic E-state index is -4.45. The molecule has 0 saturated heterocycles. The quantitative estimate of drug-likeness (QED) is 0.480. The summed E-state index contributed by atoms with van der Waals surface area (Å²) < 4.78 is 50.5. The fraction of sp³-hybridized carbons (Fsp3) is 0.200. The molecular weight excluding hydrogens is 399 g/mol. The van der Waals surface area contributed by atoms with Gasteiger partial charge in [-0.2, -0.15) is 23.3 Å². The average Bonchev–Trinajstić information content (AvgIpc) is 3.33. The Morgan fingerprint density at radius 1 is 1.13 bits per heavy atom. The molecular formula is C20H16F3N5O2. The van der Waals surface area contributed by atoms with Crippen LogP contribution in [-0.2, 0) is 19.8 Å². The fourth-order valence-corrected chi connectivity index (χ4v) is 2.82. The van der Waals surface area contributed by atoms with Crippen LogP contribution in [0.3, 0.4) is 0 Å². The number of pyridine rings is 1. The van der Waals surface area contributed by atoms with Gasteiger partial charge in [0.15, 0.2) is 0 Å². The summed E-state index contributed by atoms with van der Waals surface area (Å²) >= 11 is 0. The Balaban J connectivity index is 1.54. The number of halogens is 3. The van der Waals surface area contributed by atoms with Crippen LogP contribution in [0.1, 0.15) is 16.8 Å². The first-order valence-electron chi connectivity index (χ1n) is 8.89. The van der Waals surface area contributed by atoms with Gasteiger partial charge in [-0.15, -0.1) is 0 Å². The van der Waals surface area contributed by atoms with Crippen molar-refractivity contribution in [2.45, 2.75) is 19.7 Å². The van der Waals surface area contributed by atoms with Crippen molar-refractivity contribution in [3.8, 4) is 28.7 Å². The van der Waals surface area contributed by atoms with Gasteiger partial charge in [0, 0.05) is 24.9 Å². The van der Waals surface area contributed by atoms with Crippen molar-refractivity contribution in [1.29, 1.82) is 0 Å². The van der Waals surface area contributed by atoms with Crippen LogP contribution < -0.4 is 4.74 Å². The number of hydrogen-bond acceptors (Lipinski definition) is 6. The van der Waals surface area contributed by atoms with Crippen molar-refractivity contribution in [1.82, 2.24) is 24.9 Å². The summed E-state index contributed by atoms with van der Waals surface area (Å²) in [5, 5.41) is 8.21. The van der Waals surface area contributed by atoms with Gasteiger partial charge in [0.2, 0.25) is 11.7 Å². The summed E-state index contributed by atoms with van der Waals surface area (Å²) in [7, 11) is 1.71.